The van der Waals surface area contributed by atoms with Crippen molar-refractivity contribution >= 4 is 120 Å². The summed E-state index contributed by atoms with van der Waals surface area (Å²) in [5.41, 5.74) is 0. The quantitative estimate of drug-likeness (QED) is 0.0161. The first-order valence-corrected chi connectivity index (χ1v) is 35.9. The lowest BCUT2D eigenvalue weighted by molar-refractivity contribution is -0.142. The summed E-state index contributed by atoms with van der Waals surface area (Å²) in [7, 11) is 5.81. The van der Waals surface area contributed by atoms with E-state index in [1.54, 1.807) is 13.8 Å². The molecule has 0 heterocycles. The summed E-state index contributed by atoms with van der Waals surface area (Å²) >= 11 is 3.84. The largest absolute Gasteiger partial charge is 0.481 e. The molecule has 0 saturated carbocycles. The minimum atomic E-state index is -1.20. The Bertz CT molecular complexity index is 1960. The highest BCUT2D eigenvalue weighted by molar-refractivity contribution is 8.77. The summed E-state index contributed by atoms with van der Waals surface area (Å²) < 4.78 is 21.6. The fourth-order valence-corrected chi connectivity index (χ4v) is 13.7. The van der Waals surface area contributed by atoms with Crippen molar-refractivity contribution < 1.29 is 87.0 Å². The van der Waals surface area contributed by atoms with Crippen molar-refractivity contribution in [2.75, 3.05) is 89.0 Å². The molecule has 0 aromatic carbocycles. The van der Waals surface area contributed by atoms with E-state index >= 15 is 0 Å². The highest BCUT2D eigenvalue weighted by atomic mass is 33.1. The second kappa shape index (κ2) is 55.6. The number of nitrogens with one attached hydrogen (secondary N) is 4. The van der Waals surface area contributed by atoms with E-state index in [2.05, 4.69) is 33.9 Å². The van der Waals surface area contributed by atoms with E-state index in [4.69, 9.17) is 24.1 Å². The Kier molecular flexibility index (Phi) is 53.4. The zero-order valence-corrected chi connectivity index (χ0v) is 55.5. The number of hydrogen-bond donors (Lipinski definition) is 8. The zero-order chi connectivity index (χ0) is 64.2. The molecule has 6 atom stereocenters. The van der Waals surface area contributed by atoms with Crippen LogP contribution in [-0.4, -0.2) is 180 Å². The van der Waals surface area contributed by atoms with Crippen LogP contribution < -0.4 is 21.3 Å². The Morgan fingerprint density at radius 3 is 1.49 bits per heavy atom. The molecule has 0 radical (unpaired) electrons. The number of hydrogen-bond acceptors (Lipinski definition) is 19. The molecule has 7 N–H and O–H groups in total. The smallest absolute Gasteiger partial charge is 0.326 e. The van der Waals surface area contributed by atoms with E-state index in [1.165, 1.54) is 88.6 Å². The van der Waals surface area contributed by atoms with Gasteiger partial charge in [0.2, 0.25) is 23.6 Å². The summed E-state index contributed by atoms with van der Waals surface area (Å²) in [6.45, 7) is 8.19. The molecule has 496 valence electrons. The van der Waals surface area contributed by atoms with Gasteiger partial charge in [0.05, 0.1) is 33.0 Å². The van der Waals surface area contributed by atoms with Crippen molar-refractivity contribution in [3.05, 3.63) is 0 Å². The van der Waals surface area contributed by atoms with E-state index in [0.717, 1.165) is 44.9 Å². The highest BCUT2D eigenvalue weighted by Crippen LogP contribution is 2.31. The number of rotatable bonds is 62. The van der Waals surface area contributed by atoms with Crippen LogP contribution in [0.3, 0.4) is 0 Å². The molecule has 22 nitrogen and oxygen atoms in total. The third-order valence-corrected chi connectivity index (χ3v) is 19.4. The second-order valence-corrected chi connectivity index (χ2v) is 27.1. The first-order chi connectivity index (χ1) is 41.1. The lowest BCUT2D eigenvalue weighted by atomic mass is 9.95. The third kappa shape index (κ3) is 50.4. The van der Waals surface area contributed by atoms with Gasteiger partial charge in [0.15, 0.2) is 10.9 Å². The third-order valence-electron chi connectivity index (χ3n) is 13.6. The molecule has 0 aromatic rings. The first kappa shape index (κ1) is 82.6. The van der Waals surface area contributed by atoms with Crippen LogP contribution in [0, 0.1) is 23.7 Å². The van der Waals surface area contributed by atoms with Gasteiger partial charge in [-0.3, -0.25) is 43.2 Å². The van der Waals surface area contributed by atoms with Crippen molar-refractivity contribution in [2.24, 2.45) is 23.7 Å². The van der Waals surface area contributed by atoms with Crippen molar-refractivity contribution in [1.29, 1.82) is 0 Å². The lowest BCUT2D eigenvalue weighted by Gasteiger charge is -2.18. The predicted octanol–water partition coefficient (Wildman–Crippen LogP) is 8.34. The van der Waals surface area contributed by atoms with Crippen LogP contribution in [0.5, 0.6) is 0 Å². The molecule has 0 aliphatic rings. The SMILES string of the molecule is CC(=O)[C@H](CSSC[C@H](C)C(=O)N[C@@H](CCCCNC(=O)COCCOCCCC(=O)COCCOCCNC(=O)CC[C@H](NC(=O)CCCCCCCCCCCCCCCCC(=O)O)C(=O)O)C(=O)O)CC(=O)[C@@H](C)CSSC[C@H](C)C(=O)S. The van der Waals surface area contributed by atoms with Crippen LogP contribution in [0.4, 0.5) is 0 Å². The summed E-state index contributed by atoms with van der Waals surface area (Å²) in [4.78, 5) is 132. The van der Waals surface area contributed by atoms with Gasteiger partial charge in [0.1, 0.15) is 36.9 Å². The molecule has 0 unspecified atom stereocenters. The van der Waals surface area contributed by atoms with Gasteiger partial charge in [-0.25, -0.2) is 9.59 Å². The molecule has 27 heteroatoms. The Labute approximate surface area is 531 Å². The number of carboxylic acid groups (broad SMARTS) is 3. The fourth-order valence-electron chi connectivity index (χ4n) is 7.98. The molecular formula is C59H102N4O18S5. The minimum Gasteiger partial charge on any atom is -0.481 e. The molecule has 0 aliphatic carbocycles. The summed E-state index contributed by atoms with van der Waals surface area (Å²) in [5.74, 6) is -4.24. The van der Waals surface area contributed by atoms with Crippen LogP contribution in [0.25, 0.3) is 0 Å². The Balaban J connectivity index is 3.93. The second-order valence-electron chi connectivity index (χ2n) is 21.6. The van der Waals surface area contributed by atoms with Crippen molar-refractivity contribution in [3.63, 3.8) is 0 Å². The van der Waals surface area contributed by atoms with Crippen LogP contribution in [0.1, 0.15) is 182 Å². The van der Waals surface area contributed by atoms with E-state index in [-0.39, 0.29) is 156 Å². The van der Waals surface area contributed by atoms with Crippen LogP contribution >= 0.6 is 55.8 Å². The number of ketones is 3. The van der Waals surface area contributed by atoms with Gasteiger partial charge in [-0.2, -0.15) is 0 Å². The normalized spacial score (nSPS) is 13.4. The summed E-state index contributed by atoms with van der Waals surface area (Å²) in [6, 6.07) is -2.26. The molecule has 4 amide bonds. The lowest BCUT2D eigenvalue weighted by Crippen LogP contribution is -2.43. The fraction of sp³-hybridized carbons (Fsp3) is 0.814. The number of carbonyl (C=O) groups is 11. The summed E-state index contributed by atoms with van der Waals surface area (Å²) in [5, 5.41) is 38.3. The molecule has 0 saturated heterocycles. The number of thiol groups is 1. The number of carboxylic acids is 3. The van der Waals surface area contributed by atoms with E-state index < -0.39 is 47.7 Å². The number of ether oxygens (including phenoxy) is 4. The molecule has 0 aromatic heterocycles. The standard InChI is InChI=1S/C59H102N4O18S5/c1-43(39-83-85-41-45(3)59(77)82)51(66)36-47(46(4)64)42-86-84-40-44(2)56(72)63-49(57(73)74)23-19-20-28-60-54(69)38-81-35-32-78-30-21-22-48(65)37-80-34-33-79-31-29-61-52(67)27-26-50(58(75)76)62-53(68)24-17-15-13-11-9-7-5-6-8-10-12-14-16-18-25-55(70)71/h43-45,47,49-50H,5-42H2,1-4H3,(H,60,69)(H,61,67)(H,62,68)(H,63,72)(H,70,71)(H,73,74)(H,75,76)(H,77,82)/t43-,44-,45-,47-,49-,50-/m0/s1. The molecule has 0 rings (SSSR count). The monoisotopic (exact) mass is 1310 g/mol. The van der Waals surface area contributed by atoms with Crippen molar-refractivity contribution in [1.82, 2.24) is 21.3 Å². The highest BCUT2D eigenvalue weighted by Gasteiger charge is 2.26. The Morgan fingerprint density at radius 2 is 0.930 bits per heavy atom. The number of carbonyl (C=O) groups excluding carboxylic acids is 8. The van der Waals surface area contributed by atoms with Gasteiger partial charge in [0, 0.05) is 98.5 Å². The Morgan fingerprint density at radius 1 is 0.442 bits per heavy atom. The molecule has 0 bridgehead atoms. The van der Waals surface area contributed by atoms with Gasteiger partial charge < -0.3 is 55.5 Å². The maximum Gasteiger partial charge on any atom is 0.326 e. The number of amides is 4. The molecule has 0 fully saturated rings. The minimum absolute atomic E-state index is 0.00735. The topological polar surface area (TPSA) is 334 Å². The summed E-state index contributed by atoms with van der Waals surface area (Å²) in [6.07, 6.45) is 17.2. The van der Waals surface area contributed by atoms with E-state index in [1.807, 2.05) is 6.92 Å². The van der Waals surface area contributed by atoms with Crippen LogP contribution in [0.2, 0.25) is 0 Å². The number of Topliss-reactive ketones (excluding diaryl/α,β-unsaturated/α-hetero) is 3. The van der Waals surface area contributed by atoms with Gasteiger partial charge in [-0.05, 0) is 51.9 Å². The van der Waals surface area contributed by atoms with Crippen molar-refractivity contribution in [3.8, 4) is 0 Å². The van der Waals surface area contributed by atoms with Gasteiger partial charge in [-0.15, -0.1) is 12.6 Å². The first-order valence-electron chi connectivity index (χ1n) is 30.5. The van der Waals surface area contributed by atoms with Gasteiger partial charge in [-0.1, -0.05) is 141 Å². The molecule has 0 spiro atoms. The molecular weight excluding hydrogens is 1210 g/mol. The zero-order valence-electron chi connectivity index (χ0n) is 51.4. The average Bonchev–Trinajstić information content (AvgIpc) is 3.56. The molecule has 0 aliphatic heterocycles. The maximum atomic E-state index is 12.8. The number of aliphatic carboxylic acids is 3. The van der Waals surface area contributed by atoms with Crippen LogP contribution in [0.15, 0.2) is 0 Å². The van der Waals surface area contributed by atoms with E-state index in [9.17, 15) is 63.0 Å². The maximum absolute atomic E-state index is 12.8. The predicted molar refractivity (Wildman–Crippen MR) is 342 cm³/mol. The number of unbranched alkanes of at least 4 members (excludes halogenated alkanes) is 14. The van der Waals surface area contributed by atoms with Crippen molar-refractivity contribution in [2.45, 2.75) is 194 Å². The molecule has 86 heavy (non-hydrogen) atoms. The van der Waals surface area contributed by atoms with Gasteiger partial charge >= 0.3 is 17.9 Å². The average molecular weight is 1320 g/mol. The van der Waals surface area contributed by atoms with Crippen LogP contribution in [-0.2, 0) is 71.7 Å². The van der Waals surface area contributed by atoms with E-state index in [0.29, 0.717) is 55.3 Å². The Hall–Kier alpha value is -3.44. The van der Waals surface area contributed by atoms with Gasteiger partial charge in [0.25, 0.3) is 0 Å².